The van der Waals surface area contributed by atoms with Crippen LogP contribution in [0, 0.1) is 0 Å². The first-order valence-electron chi connectivity index (χ1n) is 8.26. The van der Waals surface area contributed by atoms with Crippen LogP contribution in [0.2, 0.25) is 0 Å². The number of benzene rings is 2. The van der Waals surface area contributed by atoms with Gasteiger partial charge in [0, 0.05) is 17.8 Å². The van der Waals surface area contributed by atoms with E-state index in [1.54, 1.807) is 0 Å². The summed E-state index contributed by atoms with van der Waals surface area (Å²) in [5.74, 6) is -0.651. The lowest BCUT2D eigenvalue weighted by molar-refractivity contribution is -0.137. The van der Waals surface area contributed by atoms with Gasteiger partial charge >= 0.3 is 11.7 Å². The second-order valence-corrected chi connectivity index (χ2v) is 8.32. The molecule has 0 aromatic heterocycles. The summed E-state index contributed by atoms with van der Waals surface area (Å²) in [6.45, 7) is 0.208. The van der Waals surface area contributed by atoms with E-state index in [0.717, 1.165) is 24.3 Å². The van der Waals surface area contributed by atoms with Gasteiger partial charge in [-0.15, -0.1) is 0 Å². The molecule has 3 rings (SSSR count). The number of rotatable bonds is 2. The van der Waals surface area contributed by atoms with Crippen molar-refractivity contribution in [2.24, 2.45) is 0 Å². The zero-order valence-electron chi connectivity index (χ0n) is 14.5. The Kier molecular flexibility index (Phi) is 5.14. The van der Waals surface area contributed by atoms with E-state index in [1.807, 2.05) is 0 Å². The Morgan fingerprint density at radius 3 is 2.10 bits per heavy atom. The molecule has 0 saturated carbocycles. The van der Waals surface area contributed by atoms with E-state index in [1.165, 1.54) is 11.0 Å². The Hall–Kier alpha value is -2.56. The van der Waals surface area contributed by atoms with Gasteiger partial charge in [0.05, 0.1) is 10.5 Å². The lowest BCUT2D eigenvalue weighted by Gasteiger charge is -2.30. The molecule has 0 saturated heterocycles. The van der Waals surface area contributed by atoms with Crippen LogP contribution in [-0.4, -0.2) is 26.4 Å². The highest BCUT2D eigenvalue weighted by atomic mass is 32.2. The number of amides is 1. The monoisotopic (exact) mass is 437 g/mol. The van der Waals surface area contributed by atoms with E-state index < -0.39 is 37.9 Å². The van der Waals surface area contributed by atoms with Gasteiger partial charge in [-0.3, -0.25) is 4.79 Å². The van der Waals surface area contributed by atoms with Crippen molar-refractivity contribution in [1.82, 2.24) is 0 Å². The molecule has 0 radical (unpaired) electrons. The van der Waals surface area contributed by atoms with Crippen LogP contribution >= 0.6 is 0 Å². The molecule has 156 valence electrons. The summed E-state index contributed by atoms with van der Waals surface area (Å²) in [5, 5.41) is 0. The van der Waals surface area contributed by atoms with E-state index >= 15 is 0 Å². The predicted molar refractivity (Wildman–Crippen MR) is 91.1 cm³/mol. The Labute approximate surface area is 161 Å². The highest BCUT2D eigenvalue weighted by Gasteiger charge is 2.46. The van der Waals surface area contributed by atoms with Gasteiger partial charge < -0.3 is 4.90 Å². The van der Waals surface area contributed by atoms with E-state index in [2.05, 4.69) is 0 Å². The van der Waals surface area contributed by atoms with Crippen molar-refractivity contribution in [3.8, 4) is 0 Å². The zero-order valence-corrected chi connectivity index (χ0v) is 15.3. The van der Waals surface area contributed by atoms with Crippen LogP contribution in [0.5, 0.6) is 0 Å². The summed E-state index contributed by atoms with van der Waals surface area (Å²) in [7, 11) is -5.54. The van der Waals surface area contributed by atoms with Crippen LogP contribution in [0.25, 0.3) is 0 Å². The molecule has 0 N–H and O–H groups in total. The summed E-state index contributed by atoms with van der Waals surface area (Å²) >= 11 is 0. The standard InChI is InChI=1S/C18H13F6NO3S/c19-17(20,21)13-5-8-15-12(10-13)2-1-9-25(15)16(26)11-3-6-14(7-4-11)29(27,28)18(22,23)24/h3-8,10H,1-2,9H2. The van der Waals surface area contributed by atoms with E-state index in [-0.39, 0.29) is 17.8 Å². The number of sulfone groups is 1. The predicted octanol–water partition coefficient (Wildman–Crippen LogP) is 4.59. The van der Waals surface area contributed by atoms with Crippen LogP contribution in [0.4, 0.5) is 32.0 Å². The molecule has 2 aromatic rings. The van der Waals surface area contributed by atoms with Gasteiger partial charge in [-0.2, -0.15) is 26.3 Å². The molecule has 1 aliphatic rings. The van der Waals surface area contributed by atoms with Crippen molar-refractivity contribution in [3.63, 3.8) is 0 Å². The number of hydrogen-bond acceptors (Lipinski definition) is 3. The summed E-state index contributed by atoms with van der Waals surface area (Å²) < 4.78 is 99.3. The van der Waals surface area contributed by atoms with Crippen LogP contribution < -0.4 is 4.90 Å². The Balaban J connectivity index is 1.91. The maximum atomic E-state index is 12.9. The third-order valence-electron chi connectivity index (χ3n) is 4.49. The molecule has 29 heavy (non-hydrogen) atoms. The number of anilines is 1. The molecule has 11 heteroatoms. The molecule has 0 spiro atoms. The Morgan fingerprint density at radius 1 is 0.931 bits per heavy atom. The van der Waals surface area contributed by atoms with Crippen molar-refractivity contribution in [2.75, 3.05) is 11.4 Å². The number of aryl methyl sites for hydroxylation is 1. The molecule has 4 nitrogen and oxygen atoms in total. The summed E-state index contributed by atoms with van der Waals surface area (Å²) in [6.07, 6.45) is -3.78. The number of hydrogen-bond donors (Lipinski definition) is 0. The maximum Gasteiger partial charge on any atom is 0.501 e. The normalized spacial score (nSPS) is 15.2. The highest BCUT2D eigenvalue weighted by Crippen LogP contribution is 2.36. The van der Waals surface area contributed by atoms with Crippen molar-refractivity contribution in [2.45, 2.75) is 29.4 Å². The van der Waals surface area contributed by atoms with Crippen molar-refractivity contribution in [3.05, 3.63) is 59.2 Å². The summed E-state index contributed by atoms with van der Waals surface area (Å²) in [5.41, 5.74) is -5.79. The molecule has 1 aliphatic heterocycles. The Bertz CT molecular complexity index is 1040. The number of fused-ring (bicyclic) bond motifs is 1. The third-order valence-corrected chi connectivity index (χ3v) is 5.99. The second kappa shape index (κ2) is 7.05. The van der Waals surface area contributed by atoms with Crippen molar-refractivity contribution >= 4 is 21.4 Å². The fourth-order valence-corrected chi connectivity index (χ4v) is 3.81. The van der Waals surface area contributed by atoms with Crippen LogP contribution in [-0.2, 0) is 22.4 Å². The molecule has 0 unspecified atom stereocenters. The van der Waals surface area contributed by atoms with E-state index in [9.17, 15) is 39.6 Å². The number of halogens is 6. The van der Waals surface area contributed by atoms with Gasteiger partial charge in [-0.05, 0) is 60.9 Å². The van der Waals surface area contributed by atoms with Crippen molar-refractivity contribution < 1.29 is 39.6 Å². The average Bonchev–Trinajstić information content (AvgIpc) is 2.65. The SMILES string of the molecule is O=C(c1ccc(S(=O)(=O)C(F)(F)F)cc1)N1CCCc2cc(C(F)(F)F)ccc21. The fourth-order valence-electron chi connectivity index (χ4n) is 3.05. The van der Waals surface area contributed by atoms with Gasteiger partial charge in [0.1, 0.15) is 0 Å². The molecule has 0 fully saturated rings. The molecular weight excluding hydrogens is 424 g/mol. The third kappa shape index (κ3) is 3.96. The van der Waals surface area contributed by atoms with Crippen molar-refractivity contribution in [1.29, 1.82) is 0 Å². The second-order valence-electron chi connectivity index (χ2n) is 6.38. The van der Waals surface area contributed by atoms with E-state index in [0.29, 0.717) is 30.5 Å². The molecule has 1 heterocycles. The Morgan fingerprint density at radius 2 is 1.55 bits per heavy atom. The highest BCUT2D eigenvalue weighted by molar-refractivity contribution is 7.92. The van der Waals surface area contributed by atoms with Crippen LogP contribution in [0.15, 0.2) is 47.4 Å². The minimum absolute atomic E-state index is 0.0844. The number of nitrogens with zero attached hydrogens (tertiary/aromatic N) is 1. The fraction of sp³-hybridized carbons (Fsp3) is 0.278. The maximum absolute atomic E-state index is 12.9. The zero-order chi connectivity index (χ0) is 21.6. The molecule has 0 aliphatic carbocycles. The van der Waals surface area contributed by atoms with Gasteiger partial charge in [0.15, 0.2) is 0 Å². The average molecular weight is 437 g/mol. The first kappa shape index (κ1) is 21.2. The first-order valence-corrected chi connectivity index (χ1v) is 9.74. The van der Waals surface area contributed by atoms with E-state index in [4.69, 9.17) is 0 Å². The smallest absolute Gasteiger partial charge is 0.308 e. The molecule has 0 atom stereocenters. The lowest BCUT2D eigenvalue weighted by Crippen LogP contribution is -2.35. The quantitative estimate of drug-likeness (QED) is 0.646. The first-order chi connectivity index (χ1) is 13.3. The minimum atomic E-state index is -5.54. The van der Waals surface area contributed by atoms with Gasteiger partial charge in [0.25, 0.3) is 15.7 Å². The van der Waals surface area contributed by atoms with Crippen LogP contribution in [0.1, 0.15) is 27.9 Å². The van der Waals surface area contributed by atoms with Gasteiger partial charge in [-0.1, -0.05) is 0 Å². The topological polar surface area (TPSA) is 54.5 Å². The van der Waals surface area contributed by atoms with Gasteiger partial charge in [-0.25, -0.2) is 8.42 Å². The largest absolute Gasteiger partial charge is 0.501 e. The summed E-state index contributed by atoms with van der Waals surface area (Å²) in [4.78, 5) is 13.0. The molecule has 1 amide bonds. The number of alkyl halides is 6. The van der Waals surface area contributed by atoms with Gasteiger partial charge in [0.2, 0.25) is 0 Å². The molecule has 2 aromatic carbocycles. The molecule has 0 bridgehead atoms. The molecular formula is C18H13F6NO3S. The minimum Gasteiger partial charge on any atom is -0.308 e. The number of carbonyl (C=O) groups is 1. The number of carbonyl (C=O) groups excluding carboxylic acids is 1. The lowest BCUT2D eigenvalue weighted by atomic mass is 9.98. The van der Waals surface area contributed by atoms with Crippen LogP contribution in [0.3, 0.4) is 0 Å². The summed E-state index contributed by atoms with van der Waals surface area (Å²) in [6, 6.07) is 6.23.